The minimum Gasteiger partial charge on any atom is -0.469 e. The lowest BCUT2D eigenvalue weighted by Crippen LogP contribution is -2.54. The summed E-state index contributed by atoms with van der Waals surface area (Å²) in [5.74, 6) is -0.800. The van der Waals surface area contributed by atoms with Crippen LogP contribution in [0.5, 0.6) is 0 Å². The summed E-state index contributed by atoms with van der Waals surface area (Å²) in [4.78, 5) is 26.5. The van der Waals surface area contributed by atoms with Crippen molar-refractivity contribution in [2.24, 2.45) is 5.92 Å². The molecule has 0 aromatic rings. The molecule has 0 aliphatic carbocycles. The van der Waals surface area contributed by atoms with E-state index in [0.717, 1.165) is 0 Å². The number of halogens is 3. The van der Waals surface area contributed by atoms with Crippen molar-refractivity contribution in [2.75, 3.05) is 33.9 Å². The fourth-order valence-electron chi connectivity index (χ4n) is 3.65. The Morgan fingerprint density at radius 3 is 2.42 bits per heavy atom. The lowest BCUT2D eigenvalue weighted by atomic mass is 9.90. The van der Waals surface area contributed by atoms with Gasteiger partial charge >= 0.3 is 18.2 Å². The minimum atomic E-state index is -4.29. The average molecular weight is 352 g/mol. The first-order valence-electron chi connectivity index (χ1n) is 8.01. The Morgan fingerprint density at radius 1 is 1.12 bits per heavy atom. The summed E-state index contributed by atoms with van der Waals surface area (Å²) in [7, 11) is 2.52. The molecule has 9 heteroatoms. The number of amides is 1. The van der Waals surface area contributed by atoms with Crippen LogP contribution in [-0.2, 0) is 14.3 Å². The standard InChI is InChI=1S/C15H23F3N2O4/c1-23-13(21)10-5-7-20(14(22)24-2)11(8-10)9-19-6-3-4-12(19)15(16,17)18/h10-12H,3-9H2,1-2H3/t10-,11-,12+/m1/s1. The molecule has 0 aromatic heterocycles. The van der Waals surface area contributed by atoms with Gasteiger partial charge in [-0.2, -0.15) is 13.2 Å². The van der Waals surface area contributed by atoms with Gasteiger partial charge in [-0.05, 0) is 32.2 Å². The molecule has 1 amide bonds. The predicted molar refractivity (Wildman–Crippen MR) is 78.3 cm³/mol. The van der Waals surface area contributed by atoms with Gasteiger partial charge in [0.25, 0.3) is 0 Å². The maximum absolute atomic E-state index is 13.1. The molecule has 0 spiro atoms. The number of ether oxygens (including phenoxy) is 2. The van der Waals surface area contributed by atoms with Gasteiger partial charge in [-0.1, -0.05) is 0 Å². The molecule has 2 rings (SSSR count). The lowest BCUT2D eigenvalue weighted by molar-refractivity contribution is -0.178. The van der Waals surface area contributed by atoms with Crippen molar-refractivity contribution in [3.05, 3.63) is 0 Å². The topological polar surface area (TPSA) is 59.1 Å². The van der Waals surface area contributed by atoms with E-state index in [1.165, 1.54) is 24.0 Å². The third kappa shape index (κ3) is 4.12. The summed E-state index contributed by atoms with van der Waals surface area (Å²) < 4.78 is 48.8. The Labute approximate surface area is 138 Å². The van der Waals surface area contributed by atoms with Gasteiger partial charge in [0, 0.05) is 19.1 Å². The number of hydrogen-bond acceptors (Lipinski definition) is 5. The smallest absolute Gasteiger partial charge is 0.409 e. The zero-order valence-electron chi connectivity index (χ0n) is 13.8. The number of nitrogens with zero attached hydrogens (tertiary/aromatic N) is 2. The van der Waals surface area contributed by atoms with Crippen LogP contribution in [-0.4, -0.2) is 74.0 Å². The first kappa shape index (κ1) is 18.8. The van der Waals surface area contributed by atoms with Crippen molar-refractivity contribution < 1.29 is 32.2 Å². The zero-order valence-corrected chi connectivity index (χ0v) is 13.8. The monoisotopic (exact) mass is 352 g/mol. The van der Waals surface area contributed by atoms with Crippen LogP contribution in [0.15, 0.2) is 0 Å². The highest BCUT2D eigenvalue weighted by Crippen LogP contribution is 2.34. The fourth-order valence-corrected chi connectivity index (χ4v) is 3.65. The van der Waals surface area contributed by atoms with Crippen LogP contribution in [0.3, 0.4) is 0 Å². The Morgan fingerprint density at radius 2 is 1.83 bits per heavy atom. The van der Waals surface area contributed by atoms with E-state index in [2.05, 4.69) is 0 Å². The number of hydrogen-bond donors (Lipinski definition) is 0. The third-order valence-corrected chi connectivity index (χ3v) is 4.85. The summed E-state index contributed by atoms with van der Waals surface area (Å²) in [5.41, 5.74) is 0. The normalized spacial score (nSPS) is 28.7. The molecular formula is C15H23F3N2O4. The lowest BCUT2D eigenvalue weighted by Gasteiger charge is -2.40. The molecule has 0 N–H and O–H groups in total. The number of piperidine rings is 1. The van der Waals surface area contributed by atoms with Gasteiger partial charge in [-0.3, -0.25) is 9.69 Å². The van der Waals surface area contributed by atoms with Crippen LogP contribution in [0.2, 0.25) is 0 Å². The maximum atomic E-state index is 13.1. The van der Waals surface area contributed by atoms with E-state index in [1.54, 1.807) is 0 Å². The summed E-state index contributed by atoms with van der Waals surface area (Å²) in [5, 5.41) is 0. The first-order valence-corrected chi connectivity index (χ1v) is 8.01. The van der Waals surface area contributed by atoms with Crippen molar-refractivity contribution in [3.63, 3.8) is 0 Å². The number of carbonyl (C=O) groups is 2. The summed E-state index contributed by atoms with van der Waals surface area (Å²) in [6, 6.07) is -1.99. The Kier molecular flexibility index (Phi) is 5.95. The molecule has 2 aliphatic heterocycles. The second-order valence-electron chi connectivity index (χ2n) is 6.26. The number of likely N-dealkylation sites (tertiary alicyclic amines) is 2. The number of rotatable bonds is 3. The summed E-state index contributed by atoms with van der Waals surface area (Å²) in [6.07, 6.45) is -3.64. The van der Waals surface area contributed by atoms with Crippen LogP contribution in [0.4, 0.5) is 18.0 Å². The van der Waals surface area contributed by atoms with Gasteiger partial charge in [0.05, 0.1) is 20.1 Å². The van der Waals surface area contributed by atoms with E-state index in [-0.39, 0.29) is 25.9 Å². The maximum Gasteiger partial charge on any atom is 0.409 e. The van der Waals surface area contributed by atoms with Gasteiger partial charge in [-0.25, -0.2) is 4.79 Å². The van der Waals surface area contributed by atoms with E-state index in [9.17, 15) is 22.8 Å². The van der Waals surface area contributed by atoms with E-state index >= 15 is 0 Å². The van der Waals surface area contributed by atoms with Crippen LogP contribution in [0.1, 0.15) is 25.7 Å². The van der Waals surface area contributed by atoms with Crippen molar-refractivity contribution >= 4 is 12.1 Å². The minimum absolute atomic E-state index is 0.0644. The zero-order chi connectivity index (χ0) is 17.9. The molecule has 0 unspecified atom stereocenters. The van der Waals surface area contributed by atoms with Crippen molar-refractivity contribution in [3.8, 4) is 0 Å². The fraction of sp³-hybridized carbons (Fsp3) is 0.867. The van der Waals surface area contributed by atoms with Gasteiger partial charge in [0.1, 0.15) is 6.04 Å². The first-order chi connectivity index (χ1) is 11.3. The van der Waals surface area contributed by atoms with Crippen LogP contribution in [0, 0.1) is 5.92 Å². The number of methoxy groups -OCH3 is 2. The average Bonchev–Trinajstić information content (AvgIpc) is 3.01. The summed E-state index contributed by atoms with van der Waals surface area (Å²) >= 11 is 0. The van der Waals surface area contributed by atoms with E-state index in [0.29, 0.717) is 19.4 Å². The number of alkyl halides is 3. The Bertz CT molecular complexity index is 472. The highest BCUT2D eigenvalue weighted by atomic mass is 19.4. The molecule has 3 atom stereocenters. The SMILES string of the molecule is COC(=O)[C@@H]1CCN(C(=O)OC)[C@@H](CN2CCC[C@H]2C(F)(F)F)C1. The van der Waals surface area contributed by atoms with Crippen molar-refractivity contribution in [1.82, 2.24) is 9.80 Å². The van der Waals surface area contributed by atoms with Gasteiger partial charge < -0.3 is 14.4 Å². The Balaban J connectivity index is 2.11. The van der Waals surface area contributed by atoms with Gasteiger partial charge in [0.15, 0.2) is 0 Å². The highest BCUT2D eigenvalue weighted by molar-refractivity contribution is 5.73. The second-order valence-corrected chi connectivity index (χ2v) is 6.26. The quantitative estimate of drug-likeness (QED) is 0.728. The third-order valence-electron chi connectivity index (χ3n) is 4.85. The van der Waals surface area contributed by atoms with Crippen molar-refractivity contribution in [1.29, 1.82) is 0 Å². The largest absolute Gasteiger partial charge is 0.469 e. The molecule has 0 bridgehead atoms. The second kappa shape index (κ2) is 7.58. The molecule has 24 heavy (non-hydrogen) atoms. The number of esters is 1. The molecule has 6 nitrogen and oxygen atoms in total. The van der Waals surface area contributed by atoms with E-state index in [1.807, 2.05) is 0 Å². The molecule has 0 saturated carbocycles. The van der Waals surface area contributed by atoms with Crippen LogP contribution >= 0.6 is 0 Å². The Hall–Kier alpha value is -1.51. The molecule has 0 aromatic carbocycles. The van der Waals surface area contributed by atoms with E-state index in [4.69, 9.17) is 9.47 Å². The molecule has 2 aliphatic rings. The highest BCUT2D eigenvalue weighted by Gasteiger charge is 2.47. The molecule has 138 valence electrons. The van der Waals surface area contributed by atoms with Crippen LogP contribution in [0.25, 0.3) is 0 Å². The molecule has 2 saturated heterocycles. The van der Waals surface area contributed by atoms with Gasteiger partial charge in [0.2, 0.25) is 0 Å². The number of carbonyl (C=O) groups excluding carboxylic acids is 2. The molecular weight excluding hydrogens is 329 g/mol. The molecule has 2 heterocycles. The van der Waals surface area contributed by atoms with Crippen LogP contribution < -0.4 is 0 Å². The molecule has 0 radical (unpaired) electrons. The van der Waals surface area contributed by atoms with E-state index < -0.39 is 36.2 Å². The predicted octanol–water partition coefficient (Wildman–Crippen LogP) is 2.03. The summed E-state index contributed by atoms with van der Waals surface area (Å²) in [6.45, 7) is 0.674. The van der Waals surface area contributed by atoms with Gasteiger partial charge in [-0.15, -0.1) is 0 Å². The molecule has 2 fully saturated rings. The van der Waals surface area contributed by atoms with Crippen molar-refractivity contribution in [2.45, 2.75) is 43.9 Å².